The van der Waals surface area contributed by atoms with Crippen LogP contribution in [-0.4, -0.2) is 39.6 Å². The fraction of sp³-hybridized carbons (Fsp3) is 0.455. The van der Waals surface area contributed by atoms with Gasteiger partial charge in [0.1, 0.15) is 11.9 Å². The Balaban J connectivity index is 2.01. The minimum absolute atomic E-state index is 0.170. The maximum absolute atomic E-state index is 11.0. The summed E-state index contributed by atoms with van der Waals surface area (Å²) in [5.41, 5.74) is 0.644. The van der Waals surface area contributed by atoms with Crippen LogP contribution < -0.4 is 4.74 Å². The highest BCUT2D eigenvalue weighted by molar-refractivity contribution is 8.13. The number of likely N-dealkylation sites (N-methyl/N-ethyl adjacent to an activating group) is 1. The summed E-state index contributed by atoms with van der Waals surface area (Å²) in [6, 6.07) is 7.04. The van der Waals surface area contributed by atoms with E-state index in [9.17, 15) is 8.42 Å². The Morgan fingerprint density at radius 3 is 2.76 bits per heavy atom. The molecule has 0 radical (unpaired) electrons. The Hall–Kier alpha value is -0.780. The van der Waals surface area contributed by atoms with Crippen molar-refractivity contribution in [3.8, 4) is 5.75 Å². The maximum Gasteiger partial charge on any atom is 0.236 e. The molecule has 1 aliphatic rings. The van der Waals surface area contributed by atoms with E-state index in [1.807, 2.05) is 13.1 Å². The second-order valence-electron chi connectivity index (χ2n) is 4.29. The van der Waals surface area contributed by atoms with Gasteiger partial charge in [0.15, 0.2) is 0 Å². The summed E-state index contributed by atoms with van der Waals surface area (Å²) in [5, 5.41) is 0. The Labute approximate surface area is 106 Å². The van der Waals surface area contributed by atoms with Gasteiger partial charge in [-0.2, -0.15) is 0 Å². The van der Waals surface area contributed by atoms with Crippen LogP contribution in [-0.2, 0) is 14.8 Å². The summed E-state index contributed by atoms with van der Waals surface area (Å²) in [7, 11) is 3.72. The van der Waals surface area contributed by atoms with Gasteiger partial charge in [0, 0.05) is 23.8 Å². The van der Waals surface area contributed by atoms with Gasteiger partial charge in [-0.25, -0.2) is 8.42 Å². The molecule has 0 spiro atoms. The molecule has 0 aliphatic carbocycles. The highest BCUT2D eigenvalue weighted by atomic mass is 35.7. The van der Waals surface area contributed by atoms with Crippen LogP contribution in [0.5, 0.6) is 5.75 Å². The quantitative estimate of drug-likeness (QED) is 0.781. The van der Waals surface area contributed by atoms with Crippen molar-refractivity contribution < 1.29 is 13.2 Å². The first-order valence-corrected chi connectivity index (χ1v) is 7.77. The van der Waals surface area contributed by atoms with E-state index in [1.165, 1.54) is 0 Å². The van der Waals surface area contributed by atoms with E-state index in [4.69, 9.17) is 15.4 Å². The monoisotopic (exact) mass is 275 g/mol. The molecule has 0 N–H and O–H groups in total. The summed E-state index contributed by atoms with van der Waals surface area (Å²) in [6.45, 7) is 1.80. The first kappa shape index (κ1) is 12.7. The molecule has 0 unspecified atom stereocenters. The largest absolute Gasteiger partial charge is 0.488 e. The molecule has 1 aromatic carbocycles. The number of likely N-dealkylation sites (tertiary alicyclic amines) is 1. The molecule has 1 saturated heterocycles. The van der Waals surface area contributed by atoms with Crippen molar-refractivity contribution in [2.45, 2.75) is 11.9 Å². The van der Waals surface area contributed by atoms with Gasteiger partial charge in [0.25, 0.3) is 0 Å². The van der Waals surface area contributed by atoms with E-state index in [-0.39, 0.29) is 11.9 Å². The molecule has 1 aliphatic heterocycles. The lowest BCUT2D eigenvalue weighted by atomic mass is 10.2. The summed E-state index contributed by atoms with van der Waals surface area (Å²) in [5.74, 6) is 0.525. The maximum atomic E-state index is 11.0. The van der Waals surface area contributed by atoms with E-state index >= 15 is 0 Å². The van der Waals surface area contributed by atoms with Gasteiger partial charge in [0.2, 0.25) is 9.05 Å². The van der Waals surface area contributed by atoms with Crippen LogP contribution in [0, 0.1) is 0 Å². The van der Waals surface area contributed by atoms with Crippen LogP contribution in [0.15, 0.2) is 24.3 Å². The number of rotatable bonds is 4. The number of ether oxygens (including phenoxy) is 1. The molecule has 17 heavy (non-hydrogen) atoms. The SMILES string of the molecule is CN1CC(Oc2cccc(CS(=O)(=O)Cl)c2)C1. The summed E-state index contributed by atoms with van der Waals surface area (Å²) >= 11 is 0. The van der Waals surface area contributed by atoms with Crippen LogP contribution in [0.4, 0.5) is 0 Å². The lowest BCUT2D eigenvalue weighted by Gasteiger charge is -2.36. The molecule has 0 aromatic heterocycles. The summed E-state index contributed by atoms with van der Waals surface area (Å²) < 4.78 is 27.6. The smallest absolute Gasteiger partial charge is 0.236 e. The Kier molecular flexibility index (Phi) is 3.61. The summed E-state index contributed by atoms with van der Waals surface area (Å²) in [4.78, 5) is 2.15. The van der Waals surface area contributed by atoms with Gasteiger partial charge in [-0.15, -0.1) is 0 Å². The minimum Gasteiger partial charge on any atom is -0.488 e. The third kappa shape index (κ3) is 3.87. The second kappa shape index (κ2) is 4.84. The highest BCUT2D eigenvalue weighted by Gasteiger charge is 2.24. The van der Waals surface area contributed by atoms with Gasteiger partial charge in [-0.1, -0.05) is 12.1 Å². The van der Waals surface area contributed by atoms with Crippen molar-refractivity contribution in [2.75, 3.05) is 20.1 Å². The molecule has 4 nitrogen and oxygen atoms in total. The van der Waals surface area contributed by atoms with E-state index in [2.05, 4.69) is 4.90 Å². The van der Waals surface area contributed by atoms with Gasteiger partial charge in [0.05, 0.1) is 5.75 Å². The van der Waals surface area contributed by atoms with E-state index in [0.29, 0.717) is 11.3 Å². The Morgan fingerprint density at radius 2 is 2.18 bits per heavy atom. The Bertz CT molecular complexity index is 497. The lowest BCUT2D eigenvalue weighted by Crippen LogP contribution is -2.51. The topological polar surface area (TPSA) is 46.6 Å². The highest BCUT2D eigenvalue weighted by Crippen LogP contribution is 2.20. The molecule has 2 rings (SSSR count). The third-order valence-electron chi connectivity index (χ3n) is 2.57. The molecular weight excluding hydrogens is 262 g/mol. The van der Waals surface area contributed by atoms with Crippen LogP contribution in [0.25, 0.3) is 0 Å². The molecule has 1 fully saturated rings. The molecule has 1 heterocycles. The van der Waals surface area contributed by atoms with Crippen LogP contribution in [0.2, 0.25) is 0 Å². The molecule has 94 valence electrons. The van der Waals surface area contributed by atoms with Gasteiger partial charge < -0.3 is 4.74 Å². The molecule has 0 saturated carbocycles. The minimum atomic E-state index is -3.51. The molecule has 0 amide bonds. The number of hydrogen-bond donors (Lipinski definition) is 0. The van der Waals surface area contributed by atoms with Gasteiger partial charge in [-0.05, 0) is 24.7 Å². The zero-order valence-corrected chi connectivity index (χ0v) is 11.0. The zero-order chi connectivity index (χ0) is 12.5. The predicted octanol–water partition coefficient (Wildman–Crippen LogP) is 1.45. The Morgan fingerprint density at radius 1 is 1.47 bits per heavy atom. The lowest BCUT2D eigenvalue weighted by molar-refractivity contribution is 0.0388. The fourth-order valence-electron chi connectivity index (χ4n) is 1.82. The van der Waals surface area contributed by atoms with Crippen molar-refractivity contribution in [1.29, 1.82) is 0 Å². The fourth-order valence-corrected chi connectivity index (χ4v) is 2.77. The molecule has 0 atom stereocenters. The van der Waals surface area contributed by atoms with E-state index < -0.39 is 9.05 Å². The molecule has 0 bridgehead atoms. The first-order valence-electron chi connectivity index (χ1n) is 5.29. The summed E-state index contributed by atoms with van der Waals surface area (Å²) in [6.07, 6.45) is 0.197. The van der Waals surface area contributed by atoms with Gasteiger partial charge >= 0.3 is 0 Å². The number of benzene rings is 1. The first-order chi connectivity index (χ1) is 7.92. The van der Waals surface area contributed by atoms with E-state index in [0.717, 1.165) is 13.1 Å². The second-order valence-corrected chi connectivity index (χ2v) is 7.07. The van der Waals surface area contributed by atoms with Crippen LogP contribution >= 0.6 is 10.7 Å². The van der Waals surface area contributed by atoms with Crippen molar-refractivity contribution in [1.82, 2.24) is 4.90 Å². The van der Waals surface area contributed by atoms with Crippen molar-refractivity contribution in [3.63, 3.8) is 0 Å². The van der Waals surface area contributed by atoms with Crippen molar-refractivity contribution >= 4 is 19.7 Å². The number of halogens is 1. The van der Waals surface area contributed by atoms with Crippen LogP contribution in [0.1, 0.15) is 5.56 Å². The number of nitrogens with zero attached hydrogens (tertiary/aromatic N) is 1. The average molecular weight is 276 g/mol. The zero-order valence-electron chi connectivity index (χ0n) is 9.47. The molecule has 6 heteroatoms. The normalized spacial score (nSPS) is 17.8. The molecular formula is C11H14ClNO3S. The average Bonchev–Trinajstić information content (AvgIpc) is 2.13. The van der Waals surface area contributed by atoms with Crippen LogP contribution in [0.3, 0.4) is 0 Å². The number of hydrogen-bond acceptors (Lipinski definition) is 4. The van der Waals surface area contributed by atoms with E-state index in [1.54, 1.807) is 18.2 Å². The van der Waals surface area contributed by atoms with Gasteiger partial charge in [-0.3, -0.25) is 4.90 Å². The third-order valence-corrected chi connectivity index (χ3v) is 3.58. The van der Waals surface area contributed by atoms with Crippen molar-refractivity contribution in [2.24, 2.45) is 0 Å². The van der Waals surface area contributed by atoms with Crippen molar-refractivity contribution in [3.05, 3.63) is 29.8 Å². The predicted molar refractivity (Wildman–Crippen MR) is 66.8 cm³/mol. The molecule has 1 aromatic rings. The standard InChI is InChI=1S/C11H14ClNO3S/c1-13-6-11(7-13)16-10-4-2-3-9(5-10)8-17(12,14)15/h2-5,11H,6-8H2,1H3.